The molecule has 0 fully saturated rings. The van der Waals surface area contributed by atoms with Gasteiger partial charge in [-0.15, -0.1) is 0 Å². The Balaban J connectivity index is 2.05. The van der Waals surface area contributed by atoms with Gasteiger partial charge in [-0.25, -0.2) is 0 Å². The average molecular weight is 341 g/mol. The third kappa shape index (κ3) is 4.87. The van der Waals surface area contributed by atoms with Crippen LogP contribution in [0.5, 0.6) is 0 Å². The topological polar surface area (TPSA) is 101 Å². The van der Waals surface area contributed by atoms with Crippen LogP contribution < -0.4 is 10.6 Å². The SMILES string of the molecule is CCCCNC(=O)c1ccc(NC(=O)c2ccccc2[N+](=O)[O-])cc1. The highest BCUT2D eigenvalue weighted by Crippen LogP contribution is 2.19. The molecule has 130 valence electrons. The van der Waals surface area contributed by atoms with Gasteiger partial charge in [-0.2, -0.15) is 0 Å². The molecule has 2 amide bonds. The number of amides is 2. The van der Waals surface area contributed by atoms with E-state index in [1.165, 1.54) is 18.2 Å². The molecule has 0 aliphatic rings. The second kappa shape index (κ2) is 8.58. The monoisotopic (exact) mass is 341 g/mol. The first-order chi connectivity index (χ1) is 12.0. The molecule has 2 aromatic rings. The van der Waals surface area contributed by atoms with Gasteiger partial charge in [0.2, 0.25) is 0 Å². The zero-order valence-electron chi connectivity index (χ0n) is 13.8. The van der Waals surface area contributed by atoms with Crippen molar-refractivity contribution >= 4 is 23.2 Å². The van der Waals surface area contributed by atoms with Crippen molar-refractivity contribution in [1.29, 1.82) is 0 Å². The molecule has 0 aliphatic carbocycles. The lowest BCUT2D eigenvalue weighted by Gasteiger charge is -2.08. The number of anilines is 1. The minimum atomic E-state index is -0.599. The van der Waals surface area contributed by atoms with Crippen molar-refractivity contribution in [2.75, 3.05) is 11.9 Å². The van der Waals surface area contributed by atoms with Crippen molar-refractivity contribution in [3.05, 3.63) is 69.8 Å². The standard InChI is InChI=1S/C18H19N3O4/c1-2-3-12-19-17(22)13-8-10-14(11-9-13)20-18(23)15-6-4-5-7-16(15)21(24)25/h4-11H,2-3,12H2,1H3,(H,19,22)(H,20,23). The summed E-state index contributed by atoms with van der Waals surface area (Å²) in [5, 5.41) is 16.4. The molecule has 2 rings (SSSR count). The average Bonchev–Trinajstić information content (AvgIpc) is 2.62. The van der Waals surface area contributed by atoms with Crippen LogP contribution in [-0.2, 0) is 0 Å². The minimum absolute atomic E-state index is 0.0196. The van der Waals surface area contributed by atoms with Gasteiger partial charge in [0, 0.05) is 23.9 Å². The number of nitro groups is 1. The first-order valence-electron chi connectivity index (χ1n) is 7.96. The van der Waals surface area contributed by atoms with Crippen LogP contribution in [0.1, 0.15) is 40.5 Å². The largest absolute Gasteiger partial charge is 0.352 e. The summed E-state index contributed by atoms with van der Waals surface area (Å²) >= 11 is 0. The molecule has 2 N–H and O–H groups in total. The van der Waals surface area contributed by atoms with Crippen LogP contribution in [0.4, 0.5) is 11.4 Å². The van der Waals surface area contributed by atoms with Crippen LogP contribution in [0, 0.1) is 10.1 Å². The Kier molecular flexibility index (Phi) is 6.22. The Morgan fingerprint density at radius 3 is 2.36 bits per heavy atom. The Morgan fingerprint density at radius 1 is 1.04 bits per heavy atom. The Labute approximate surface area is 145 Å². The molecule has 0 bridgehead atoms. The molecule has 7 heteroatoms. The van der Waals surface area contributed by atoms with E-state index in [9.17, 15) is 19.7 Å². The highest BCUT2D eigenvalue weighted by atomic mass is 16.6. The second-order valence-electron chi connectivity index (χ2n) is 5.42. The maximum Gasteiger partial charge on any atom is 0.282 e. The van der Waals surface area contributed by atoms with E-state index in [1.807, 2.05) is 6.92 Å². The smallest absolute Gasteiger partial charge is 0.282 e. The maximum absolute atomic E-state index is 12.2. The predicted molar refractivity (Wildman–Crippen MR) is 94.7 cm³/mol. The van der Waals surface area contributed by atoms with Crippen molar-refractivity contribution in [2.24, 2.45) is 0 Å². The van der Waals surface area contributed by atoms with Gasteiger partial charge in [0.05, 0.1) is 4.92 Å². The third-order valence-electron chi connectivity index (χ3n) is 3.57. The number of hydrogen-bond donors (Lipinski definition) is 2. The van der Waals surface area contributed by atoms with Crippen LogP contribution in [0.2, 0.25) is 0 Å². The summed E-state index contributed by atoms with van der Waals surface area (Å²) in [6, 6.07) is 12.1. The summed E-state index contributed by atoms with van der Waals surface area (Å²) in [4.78, 5) is 34.5. The molecule has 0 aromatic heterocycles. The fourth-order valence-corrected chi connectivity index (χ4v) is 2.21. The Bertz CT molecular complexity index is 772. The Hall–Kier alpha value is -3.22. The molecule has 0 radical (unpaired) electrons. The van der Waals surface area contributed by atoms with E-state index >= 15 is 0 Å². The van der Waals surface area contributed by atoms with Crippen molar-refractivity contribution in [3.63, 3.8) is 0 Å². The minimum Gasteiger partial charge on any atom is -0.352 e. The van der Waals surface area contributed by atoms with Gasteiger partial charge in [-0.3, -0.25) is 19.7 Å². The lowest BCUT2D eigenvalue weighted by molar-refractivity contribution is -0.385. The number of rotatable bonds is 7. The second-order valence-corrected chi connectivity index (χ2v) is 5.42. The summed E-state index contributed by atoms with van der Waals surface area (Å²) in [7, 11) is 0. The van der Waals surface area contributed by atoms with Gasteiger partial charge in [0.25, 0.3) is 17.5 Å². The molecule has 7 nitrogen and oxygen atoms in total. The number of nitrogens with one attached hydrogen (secondary N) is 2. The summed E-state index contributed by atoms with van der Waals surface area (Å²) in [5.41, 5.74) is 0.661. The van der Waals surface area contributed by atoms with Crippen molar-refractivity contribution < 1.29 is 14.5 Å². The number of benzene rings is 2. The van der Waals surface area contributed by atoms with Crippen LogP contribution in [0.3, 0.4) is 0 Å². The molecular formula is C18H19N3O4. The highest BCUT2D eigenvalue weighted by Gasteiger charge is 2.19. The summed E-state index contributed by atoms with van der Waals surface area (Å²) in [5.74, 6) is -0.752. The summed E-state index contributed by atoms with van der Waals surface area (Å²) in [6.45, 7) is 2.66. The van der Waals surface area contributed by atoms with Gasteiger partial charge in [-0.05, 0) is 36.8 Å². The predicted octanol–water partition coefficient (Wildman–Crippen LogP) is 3.38. The number of hydrogen-bond acceptors (Lipinski definition) is 4. The molecule has 0 heterocycles. The van der Waals surface area contributed by atoms with E-state index in [2.05, 4.69) is 10.6 Å². The number of nitrogens with zero attached hydrogens (tertiary/aromatic N) is 1. The number of nitro benzene ring substituents is 1. The molecule has 0 saturated carbocycles. The molecule has 0 unspecified atom stereocenters. The van der Waals surface area contributed by atoms with Crippen LogP contribution >= 0.6 is 0 Å². The molecule has 0 spiro atoms. The first-order valence-corrected chi connectivity index (χ1v) is 7.96. The van der Waals surface area contributed by atoms with E-state index in [0.717, 1.165) is 12.8 Å². The molecule has 0 aliphatic heterocycles. The Morgan fingerprint density at radius 2 is 1.72 bits per heavy atom. The van der Waals surface area contributed by atoms with Gasteiger partial charge in [-0.1, -0.05) is 25.5 Å². The van der Waals surface area contributed by atoms with Crippen molar-refractivity contribution in [1.82, 2.24) is 5.32 Å². The molecule has 2 aromatic carbocycles. The number of carbonyl (C=O) groups is 2. The molecule has 0 saturated heterocycles. The number of para-hydroxylation sites is 1. The van der Waals surface area contributed by atoms with Crippen LogP contribution in [0.25, 0.3) is 0 Å². The van der Waals surface area contributed by atoms with Crippen LogP contribution in [0.15, 0.2) is 48.5 Å². The van der Waals surface area contributed by atoms with Crippen molar-refractivity contribution in [2.45, 2.75) is 19.8 Å². The van der Waals surface area contributed by atoms with Crippen LogP contribution in [-0.4, -0.2) is 23.3 Å². The van der Waals surface area contributed by atoms with E-state index in [-0.39, 0.29) is 17.2 Å². The quantitative estimate of drug-likeness (QED) is 0.458. The van der Waals surface area contributed by atoms with Gasteiger partial charge >= 0.3 is 0 Å². The lowest BCUT2D eigenvalue weighted by Crippen LogP contribution is -2.24. The van der Waals surface area contributed by atoms with Gasteiger partial charge in [0.15, 0.2) is 0 Å². The maximum atomic E-state index is 12.2. The summed E-state index contributed by atoms with van der Waals surface area (Å²) in [6.07, 6.45) is 1.91. The normalized spacial score (nSPS) is 10.1. The van der Waals surface area contributed by atoms with Crippen molar-refractivity contribution in [3.8, 4) is 0 Å². The fraction of sp³-hybridized carbons (Fsp3) is 0.222. The number of carbonyl (C=O) groups excluding carboxylic acids is 2. The van der Waals surface area contributed by atoms with E-state index < -0.39 is 10.8 Å². The zero-order valence-corrected chi connectivity index (χ0v) is 13.8. The molecule has 0 atom stereocenters. The molecule has 25 heavy (non-hydrogen) atoms. The highest BCUT2D eigenvalue weighted by molar-refractivity contribution is 6.07. The first kappa shape index (κ1) is 18.1. The lowest BCUT2D eigenvalue weighted by atomic mass is 10.1. The zero-order chi connectivity index (χ0) is 18.2. The van der Waals surface area contributed by atoms with E-state index in [0.29, 0.717) is 17.8 Å². The fourth-order valence-electron chi connectivity index (χ4n) is 2.21. The third-order valence-corrected chi connectivity index (χ3v) is 3.57. The van der Waals surface area contributed by atoms with Gasteiger partial charge in [0.1, 0.15) is 5.56 Å². The van der Waals surface area contributed by atoms with E-state index in [4.69, 9.17) is 0 Å². The molecular weight excluding hydrogens is 322 g/mol. The summed E-state index contributed by atoms with van der Waals surface area (Å²) < 4.78 is 0. The van der Waals surface area contributed by atoms with Gasteiger partial charge < -0.3 is 10.6 Å². The van der Waals surface area contributed by atoms with E-state index in [1.54, 1.807) is 30.3 Å². The number of unbranched alkanes of at least 4 members (excludes halogenated alkanes) is 1.